The molecule has 0 aliphatic carbocycles. The summed E-state index contributed by atoms with van der Waals surface area (Å²) < 4.78 is 29.0. The maximum Gasteiger partial charge on any atom is 0.326 e. The Kier molecular flexibility index (Phi) is 10.1. The van der Waals surface area contributed by atoms with E-state index in [1.807, 2.05) is 31.1 Å². The monoisotopic (exact) mass is 700 g/mol. The Morgan fingerprint density at radius 2 is 1.59 bits per heavy atom. The third kappa shape index (κ3) is 6.96. The van der Waals surface area contributed by atoms with Gasteiger partial charge in [-0.2, -0.15) is 4.31 Å². The summed E-state index contributed by atoms with van der Waals surface area (Å²) in [7, 11) is -0.378. The Bertz CT molecular complexity index is 1900. The van der Waals surface area contributed by atoms with Crippen molar-refractivity contribution in [2.45, 2.75) is 23.4 Å². The van der Waals surface area contributed by atoms with Gasteiger partial charge in [0.25, 0.3) is 5.91 Å². The molecule has 1 saturated heterocycles. The van der Waals surface area contributed by atoms with Gasteiger partial charge in [-0.15, -0.1) is 11.8 Å². The molecular formula is C32H30Cl2N4O6S2. The van der Waals surface area contributed by atoms with Gasteiger partial charge in [0.1, 0.15) is 12.1 Å². The largest absolute Gasteiger partial charge is 0.480 e. The zero-order chi connectivity index (χ0) is 33.2. The number of fused-ring (bicyclic) bond motifs is 1. The number of thioether (sulfide) groups is 1. The number of hydrogen-bond donors (Lipinski definition) is 3. The normalized spacial score (nSPS) is 15.8. The van der Waals surface area contributed by atoms with E-state index in [0.29, 0.717) is 16.6 Å². The molecule has 14 heteroatoms. The molecule has 2 amide bonds. The number of rotatable bonds is 10. The van der Waals surface area contributed by atoms with Crippen molar-refractivity contribution in [3.05, 3.63) is 100 Å². The van der Waals surface area contributed by atoms with Gasteiger partial charge in [0.15, 0.2) is 0 Å². The van der Waals surface area contributed by atoms with Gasteiger partial charge in [-0.1, -0.05) is 65.7 Å². The number of carbonyl (C=O) groups is 3. The van der Waals surface area contributed by atoms with E-state index in [-0.39, 0.29) is 38.6 Å². The van der Waals surface area contributed by atoms with Crippen molar-refractivity contribution in [2.75, 3.05) is 35.9 Å². The molecule has 4 aromatic rings. The van der Waals surface area contributed by atoms with E-state index in [1.54, 1.807) is 60.7 Å². The zero-order valence-corrected chi connectivity index (χ0v) is 27.9. The highest BCUT2D eigenvalue weighted by atomic mass is 35.5. The lowest BCUT2D eigenvalue weighted by Crippen LogP contribution is -2.52. The van der Waals surface area contributed by atoms with E-state index in [1.165, 1.54) is 17.8 Å². The molecule has 1 aliphatic rings. The summed E-state index contributed by atoms with van der Waals surface area (Å²) in [5.74, 6) is -2.25. The van der Waals surface area contributed by atoms with Crippen LogP contribution in [0.2, 0.25) is 10.0 Å². The maximum atomic E-state index is 13.9. The molecule has 5 rings (SSSR count). The molecule has 3 N–H and O–H groups in total. The van der Waals surface area contributed by atoms with Crippen LogP contribution in [0.5, 0.6) is 0 Å². The van der Waals surface area contributed by atoms with E-state index in [9.17, 15) is 27.9 Å². The van der Waals surface area contributed by atoms with Crippen LogP contribution in [0.25, 0.3) is 10.8 Å². The lowest BCUT2D eigenvalue weighted by molar-refractivity contribution is -0.142. The number of benzene rings is 4. The third-order valence-corrected chi connectivity index (χ3v) is 11.2. The lowest BCUT2D eigenvalue weighted by Gasteiger charge is -2.25. The van der Waals surface area contributed by atoms with Crippen LogP contribution in [0.4, 0.5) is 11.4 Å². The van der Waals surface area contributed by atoms with Crippen molar-refractivity contribution < 1.29 is 27.9 Å². The van der Waals surface area contributed by atoms with Gasteiger partial charge >= 0.3 is 5.97 Å². The maximum absolute atomic E-state index is 13.9. The van der Waals surface area contributed by atoms with Crippen LogP contribution in [0.3, 0.4) is 0 Å². The predicted octanol–water partition coefficient (Wildman–Crippen LogP) is 5.34. The summed E-state index contributed by atoms with van der Waals surface area (Å²) in [6.45, 7) is 0. The van der Waals surface area contributed by atoms with E-state index >= 15 is 0 Å². The van der Waals surface area contributed by atoms with Crippen molar-refractivity contribution in [1.82, 2.24) is 9.62 Å². The Morgan fingerprint density at radius 3 is 2.24 bits per heavy atom. The summed E-state index contributed by atoms with van der Waals surface area (Å²) in [4.78, 5) is 40.3. The average molecular weight is 702 g/mol. The molecule has 0 saturated carbocycles. The van der Waals surface area contributed by atoms with Crippen LogP contribution >= 0.6 is 35.0 Å². The molecule has 46 heavy (non-hydrogen) atoms. The van der Waals surface area contributed by atoms with Crippen LogP contribution < -0.4 is 15.5 Å². The molecule has 4 aromatic carbocycles. The zero-order valence-electron chi connectivity index (χ0n) is 24.7. The Balaban J connectivity index is 1.30. The van der Waals surface area contributed by atoms with Crippen molar-refractivity contribution in [3.8, 4) is 0 Å². The first-order valence-corrected chi connectivity index (χ1v) is 17.4. The van der Waals surface area contributed by atoms with E-state index in [2.05, 4.69) is 10.6 Å². The number of carboxylic acid groups (broad SMARTS) is 1. The number of nitrogens with zero attached hydrogens (tertiary/aromatic N) is 2. The molecule has 240 valence electrons. The van der Waals surface area contributed by atoms with Crippen LogP contribution in [-0.4, -0.2) is 73.4 Å². The minimum Gasteiger partial charge on any atom is -0.480 e. The van der Waals surface area contributed by atoms with Crippen LogP contribution in [0, 0.1) is 0 Å². The first-order valence-electron chi connectivity index (χ1n) is 14.0. The molecule has 1 fully saturated rings. The molecule has 1 heterocycles. The number of hydrogen-bond acceptors (Lipinski definition) is 7. The third-order valence-electron chi connectivity index (χ3n) is 7.53. The fourth-order valence-electron chi connectivity index (χ4n) is 5.21. The van der Waals surface area contributed by atoms with Crippen molar-refractivity contribution >= 4 is 84.9 Å². The number of anilines is 2. The second-order valence-corrected chi connectivity index (χ2v) is 14.5. The number of carbonyl (C=O) groups excluding carboxylic acids is 2. The Hall–Kier alpha value is -3.81. The Morgan fingerprint density at radius 1 is 0.957 bits per heavy atom. The SMILES string of the molecule is CN(C)c1cccc2c(S(=O)(=O)N3CSC[C@@H]3C(=O)N[C@@H](Cc3ccc(NC(=O)c4c(Cl)cccc4Cl)cc3)C(=O)O)cccc12. The fourth-order valence-corrected chi connectivity index (χ4v) is 9.14. The van der Waals surface area contributed by atoms with E-state index < -0.39 is 39.9 Å². The van der Waals surface area contributed by atoms with Crippen molar-refractivity contribution in [2.24, 2.45) is 0 Å². The highest BCUT2D eigenvalue weighted by Crippen LogP contribution is 2.35. The van der Waals surface area contributed by atoms with E-state index in [4.69, 9.17) is 23.2 Å². The molecule has 2 atom stereocenters. The highest BCUT2D eigenvalue weighted by Gasteiger charge is 2.41. The lowest BCUT2D eigenvalue weighted by atomic mass is 10.0. The molecular weight excluding hydrogens is 671 g/mol. The van der Waals surface area contributed by atoms with Gasteiger partial charge in [0.05, 0.1) is 26.4 Å². The minimum atomic E-state index is -4.12. The van der Waals surface area contributed by atoms with E-state index in [0.717, 1.165) is 15.4 Å². The van der Waals surface area contributed by atoms with Gasteiger partial charge < -0.3 is 20.6 Å². The van der Waals surface area contributed by atoms with Gasteiger partial charge in [-0.05, 0) is 42.0 Å². The molecule has 10 nitrogen and oxygen atoms in total. The molecule has 0 bridgehead atoms. The second kappa shape index (κ2) is 13.9. The van der Waals surface area contributed by atoms with Gasteiger partial charge in [0.2, 0.25) is 15.9 Å². The van der Waals surface area contributed by atoms with Gasteiger partial charge in [0, 0.05) is 48.4 Å². The first kappa shape index (κ1) is 33.6. The van der Waals surface area contributed by atoms with Crippen molar-refractivity contribution in [3.63, 3.8) is 0 Å². The topological polar surface area (TPSA) is 136 Å². The molecule has 0 spiro atoms. The quantitative estimate of drug-likeness (QED) is 0.202. The number of amides is 2. The number of halogens is 2. The fraction of sp³-hybridized carbons (Fsp3) is 0.219. The summed E-state index contributed by atoms with van der Waals surface area (Å²) in [5, 5.41) is 16.9. The van der Waals surface area contributed by atoms with Gasteiger partial charge in [-0.25, -0.2) is 13.2 Å². The smallest absolute Gasteiger partial charge is 0.326 e. The summed E-state index contributed by atoms with van der Waals surface area (Å²) >= 11 is 13.5. The predicted molar refractivity (Wildman–Crippen MR) is 183 cm³/mol. The minimum absolute atomic E-state index is 0.0501. The van der Waals surface area contributed by atoms with Gasteiger partial charge in [-0.3, -0.25) is 9.59 Å². The first-order chi connectivity index (χ1) is 21.9. The average Bonchev–Trinajstić information content (AvgIpc) is 3.52. The molecule has 0 radical (unpaired) electrons. The molecule has 0 unspecified atom stereocenters. The number of carboxylic acids is 1. The standard InChI is InChI=1S/C32H30Cl2N4O6S2/c1-37(2)26-10-3-7-22-21(26)6-4-11-28(22)46(43,44)38-18-45-17-27(38)30(39)36-25(32(41)42)16-19-12-14-20(15-13-19)35-31(40)29-23(33)8-5-9-24(29)34/h3-15,25,27H,16-18H2,1-2H3,(H,35,40)(H,36,39)(H,41,42)/t25-,27+/m0/s1. The molecule has 0 aromatic heterocycles. The summed E-state index contributed by atoms with van der Waals surface area (Å²) in [6, 6.07) is 19.2. The molecule has 1 aliphatic heterocycles. The van der Waals surface area contributed by atoms with Crippen LogP contribution in [0.1, 0.15) is 15.9 Å². The van der Waals surface area contributed by atoms with Crippen molar-refractivity contribution in [1.29, 1.82) is 0 Å². The van der Waals surface area contributed by atoms with Crippen LogP contribution in [0.15, 0.2) is 83.8 Å². The highest BCUT2D eigenvalue weighted by molar-refractivity contribution is 8.00. The Labute approximate surface area is 280 Å². The number of aliphatic carboxylic acids is 1. The number of nitrogens with one attached hydrogen (secondary N) is 2. The van der Waals surface area contributed by atoms with Crippen LogP contribution in [-0.2, 0) is 26.0 Å². The second-order valence-electron chi connectivity index (χ2n) is 10.8. The number of sulfonamides is 1. The summed E-state index contributed by atoms with van der Waals surface area (Å²) in [5.41, 5.74) is 1.97. The summed E-state index contributed by atoms with van der Waals surface area (Å²) in [6.07, 6.45) is -0.0745.